The van der Waals surface area contributed by atoms with Crippen molar-refractivity contribution < 1.29 is 9.00 Å². The van der Waals surface area contributed by atoms with E-state index in [0.717, 1.165) is 0 Å². The van der Waals surface area contributed by atoms with Gasteiger partial charge in [0, 0.05) is 35.8 Å². The number of rotatable bonds is 6. The number of nitrogens with two attached hydrogens (primary N) is 1. The Bertz CT molecular complexity index is 185. The highest BCUT2D eigenvalue weighted by Gasteiger charge is 2.06. The minimum Gasteiger partial charge on any atom is -0.355 e. The number of hydrogen-bond donors (Lipinski definition) is 2. The van der Waals surface area contributed by atoms with Gasteiger partial charge in [-0.2, -0.15) is 0 Å². The van der Waals surface area contributed by atoms with E-state index < -0.39 is 10.8 Å². The normalized spacial score (nSPS) is 15.0. The molecule has 0 saturated carbocycles. The summed E-state index contributed by atoms with van der Waals surface area (Å²) in [6, 6.07) is 0. The van der Waals surface area contributed by atoms with Crippen molar-refractivity contribution in [3.05, 3.63) is 0 Å². The van der Waals surface area contributed by atoms with Crippen molar-refractivity contribution >= 4 is 16.7 Å². The van der Waals surface area contributed by atoms with Crippen LogP contribution in [0.1, 0.15) is 13.3 Å². The second-order valence-corrected chi connectivity index (χ2v) is 4.73. The van der Waals surface area contributed by atoms with Crippen molar-refractivity contribution in [1.82, 2.24) is 5.32 Å². The molecule has 1 amide bonds. The van der Waals surface area contributed by atoms with E-state index in [-0.39, 0.29) is 11.8 Å². The molecule has 0 aromatic carbocycles. The Hall–Kier alpha value is -0.420. The summed E-state index contributed by atoms with van der Waals surface area (Å²) in [6.45, 7) is 2.93. The molecule has 0 fully saturated rings. The molecule has 0 spiro atoms. The fourth-order valence-electron chi connectivity index (χ4n) is 0.806. The number of carbonyl (C=O) groups is 1. The molecule has 0 aromatic heterocycles. The number of hydrogen-bond acceptors (Lipinski definition) is 3. The van der Waals surface area contributed by atoms with Crippen molar-refractivity contribution in [3.8, 4) is 0 Å². The molecule has 78 valence electrons. The molecule has 0 radical (unpaired) electrons. The third kappa shape index (κ3) is 7.93. The molecule has 0 aliphatic carbocycles. The fraction of sp³-hybridized carbons (Fsp3) is 0.875. The molecule has 0 saturated heterocycles. The lowest BCUT2D eigenvalue weighted by molar-refractivity contribution is -0.121. The minimum atomic E-state index is -0.836. The first-order valence-electron chi connectivity index (χ1n) is 4.33. The van der Waals surface area contributed by atoms with Crippen molar-refractivity contribution in [2.24, 2.45) is 11.7 Å². The highest BCUT2D eigenvalue weighted by Crippen LogP contribution is 1.97. The van der Waals surface area contributed by atoms with Crippen LogP contribution in [0.4, 0.5) is 0 Å². The summed E-state index contributed by atoms with van der Waals surface area (Å²) in [5, 5.41) is 2.69. The molecule has 0 rings (SSSR count). The van der Waals surface area contributed by atoms with Crippen molar-refractivity contribution in [2.75, 3.05) is 25.1 Å². The summed E-state index contributed by atoms with van der Waals surface area (Å²) in [4.78, 5) is 11.1. The number of nitrogens with one attached hydrogen (secondary N) is 1. The molecule has 4 nitrogen and oxygen atoms in total. The maximum absolute atomic E-state index is 11.1. The van der Waals surface area contributed by atoms with Crippen molar-refractivity contribution in [1.29, 1.82) is 0 Å². The van der Waals surface area contributed by atoms with Crippen LogP contribution in [0.3, 0.4) is 0 Å². The van der Waals surface area contributed by atoms with E-state index in [9.17, 15) is 9.00 Å². The first-order chi connectivity index (χ1) is 6.06. The minimum absolute atomic E-state index is 0.0107. The third-order valence-electron chi connectivity index (χ3n) is 1.65. The maximum Gasteiger partial charge on any atom is 0.220 e. The van der Waals surface area contributed by atoms with Crippen LogP contribution in [-0.4, -0.2) is 35.2 Å². The van der Waals surface area contributed by atoms with Crippen LogP contribution in [0.15, 0.2) is 0 Å². The SMILES string of the molecule is CC(CN)CC(=O)NCCS(C)=O. The quantitative estimate of drug-likeness (QED) is 0.613. The van der Waals surface area contributed by atoms with Crippen LogP contribution >= 0.6 is 0 Å². The molecule has 0 heterocycles. The second kappa shape index (κ2) is 7.03. The van der Waals surface area contributed by atoms with E-state index in [1.165, 1.54) is 0 Å². The summed E-state index contributed by atoms with van der Waals surface area (Å²) in [5.74, 6) is 0.721. The van der Waals surface area contributed by atoms with Crippen LogP contribution in [0.25, 0.3) is 0 Å². The third-order valence-corrected chi connectivity index (χ3v) is 2.43. The molecule has 0 aromatic rings. The van der Waals surface area contributed by atoms with Gasteiger partial charge in [0.15, 0.2) is 0 Å². The molecular formula is C8H18N2O2S. The average molecular weight is 206 g/mol. The molecule has 0 aliphatic heterocycles. The number of amides is 1. The predicted octanol–water partition coefficient (Wildman–Crippen LogP) is -0.534. The van der Waals surface area contributed by atoms with Gasteiger partial charge in [-0.15, -0.1) is 0 Å². The maximum atomic E-state index is 11.1. The second-order valence-electron chi connectivity index (χ2n) is 3.17. The Balaban J connectivity index is 3.46. The van der Waals surface area contributed by atoms with Gasteiger partial charge in [-0.3, -0.25) is 9.00 Å². The standard InChI is InChI=1S/C8H18N2O2S/c1-7(6-9)5-8(11)10-3-4-13(2)12/h7H,3-6,9H2,1-2H3,(H,10,11). The Kier molecular flexibility index (Phi) is 6.80. The van der Waals surface area contributed by atoms with Crippen molar-refractivity contribution in [2.45, 2.75) is 13.3 Å². The monoisotopic (exact) mass is 206 g/mol. The molecule has 3 N–H and O–H groups in total. The molecule has 2 atom stereocenters. The Labute approximate surface area is 81.7 Å². The molecular weight excluding hydrogens is 188 g/mol. The van der Waals surface area contributed by atoms with Gasteiger partial charge in [0.2, 0.25) is 5.91 Å². The lowest BCUT2D eigenvalue weighted by Gasteiger charge is -2.08. The van der Waals surface area contributed by atoms with Crippen LogP contribution < -0.4 is 11.1 Å². The Morgan fingerprint density at radius 2 is 2.23 bits per heavy atom. The summed E-state index contributed by atoms with van der Waals surface area (Å²) in [7, 11) is -0.836. The number of carbonyl (C=O) groups excluding carboxylic acids is 1. The highest BCUT2D eigenvalue weighted by molar-refractivity contribution is 7.84. The first-order valence-corrected chi connectivity index (χ1v) is 6.05. The van der Waals surface area contributed by atoms with Crippen LogP contribution in [0.2, 0.25) is 0 Å². The highest BCUT2D eigenvalue weighted by atomic mass is 32.2. The molecule has 13 heavy (non-hydrogen) atoms. The molecule has 0 bridgehead atoms. The molecule has 2 unspecified atom stereocenters. The zero-order chi connectivity index (χ0) is 10.3. The average Bonchev–Trinajstić information content (AvgIpc) is 2.03. The fourth-order valence-corrected chi connectivity index (χ4v) is 1.20. The predicted molar refractivity (Wildman–Crippen MR) is 54.8 cm³/mol. The van der Waals surface area contributed by atoms with E-state index in [1.807, 2.05) is 6.92 Å². The van der Waals surface area contributed by atoms with Gasteiger partial charge < -0.3 is 11.1 Å². The van der Waals surface area contributed by atoms with Crippen LogP contribution in [0, 0.1) is 5.92 Å². The molecule has 5 heteroatoms. The van der Waals surface area contributed by atoms with Crippen LogP contribution in [0.5, 0.6) is 0 Å². The van der Waals surface area contributed by atoms with Gasteiger partial charge in [0.25, 0.3) is 0 Å². The van der Waals surface area contributed by atoms with Gasteiger partial charge in [0.05, 0.1) is 0 Å². The van der Waals surface area contributed by atoms with E-state index in [1.54, 1.807) is 6.26 Å². The molecule has 0 aliphatic rings. The smallest absolute Gasteiger partial charge is 0.220 e. The van der Waals surface area contributed by atoms with E-state index in [2.05, 4.69) is 5.32 Å². The Morgan fingerprint density at radius 1 is 1.62 bits per heavy atom. The largest absolute Gasteiger partial charge is 0.355 e. The van der Waals surface area contributed by atoms with Crippen molar-refractivity contribution in [3.63, 3.8) is 0 Å². The van der Waals surface area contributed by atoms with E-state index in [0.29, 0.717) is 25.3 Å². The summed E-state index contributed by atoms with van der Waals surface area (Å²) in [5.41, 5.74) is 5.37. The van der Waals surface area contributed by atoms with Crippen LogP contribution in [-0.2, 0) is 15.6 Å². The van der Waals surface area contributed by atoms with Gasteiger partial charge in [-0.25, -0.2) is 0 Å². The summed E-state index contributed by atoms with van der Waals surface area (Å²) >= 11 is 0. The van der Waals surface area contributed by atoms with E-state index >= 15 is 0 Å². The topological polar surface area (TPSA) is 72.2 Å². The summed E-state index contributed by atoms with van der Waals surface area (Å²) in [6.07, 6.45) is 2.07. The van der Waals surface area contributed by atoms with Gasteiger partial charge >= 0.3 is 0 Å². The lowest BCUT2D eigenvalue weighted by Crippen LogP contribution is -2.30. The van der Waals surface area contributed by atoms with Gasteiger partial charge in [-0.1, -0.05) is 6.92 Å². The first kappa shape index (κ1) is 12.6. The Morgan fingerprint density at radius 3 is 2.69 bits per heavy atom. The van der Waals surface area contributed by atoms with Gasteiger partial charge in [0.1, 0.15) is 0 Å². The van der Waals surface area contributed by atoms with E-state index in [4.69, 9.17) is 5.73 Å². The summed E-state index contributed by atoms with van der Waals surface area (Å²) < 4.78 is 10.6. The zero-order valence-electron chi connectivity index (χ0n) is 8.21. The van der Waals surface area contributed by atoms with Gasteiger partial charge in [-0.05, 0) is 12.5 Å². The zero-order valence-corrected chi connectivity index (χ0v) is 9.02. The lowest BCUT2D eigenvalue weighted by atomic mass is 10.1.